The lowest BCUT2D eigenvalue weighted by Gasteiger charge is -2.15. The first-order chi connectivity index (χ1) is 10.1. The number of para-hydroxylation sites is 1. The Morgan fingerprint density at radius 1 is 1.05 bits per heavy atom. The van der Waals surface area contributed by atoms with E-state index in [9.17, 15) is 14.9 Å². The Kier molecular flexibility index (Phi) is 4.50. The van der Waals surface area contributed by atoms with Crippen molar-refractivity contribution in [3.05, 3.63) is 64.7 Å². The fourth-order valence-electron chi connectivity index (χ4n) is 1.77. The molecule has 0 saturated carbocycles. The molecule has 2 N–H and O–H groups in total. The molecule has 2 rings (SSSR count). The van der Waals surface area contributed by atoms with Crippen molar-refractivity contribution in [2.75, 3.05) is 10.6 Å². The van der Waals surface area contributed by atoms with Crippen LogP contribution in [0.4, 0.5) is 17.1 Å². The smallest absolute Gasteiger partial charge is 0.269 e. The molecule has 2 aromatic rings. The number of non-ortho nitro benzene ring substituents is 1. The molecular formula is C15H15N3O3. The number of hydrogen-bond acceptors (Lipinski definition) is 4. The van der Waals surface area contributed by atoms with Gasteiger partial charge < -0.3 is 10.6 Å². The first-order valence-electron chi connectivity index (χ1n) is 6.43. The summed E-state index contributed by atoms with van der Waals surface area (Å²) >= 11 is 0. The van der Waals surface area contributed by atoms with Crippen LogP contribution in [0, 0.1) is 10.1 Å². The summed E-state index contributed by atoms with van der Waals surface area (Å²) in [4.78, 5) is 22.1. The standard InChI is InChI=1S/C15H15N3O3/c1-11(16-12-5-3-2-4-6-12)15(19)17-13-7-9-14(10-8-13)18(20)21/h2-11,16H,1H3,(H,17,19). The maximum absolute atomic E-state index is 12.0. The second-order valence-electron chi connectivity index (χ2n) is 4.53. The molecule has 2 aromatic carbocycles. The highest BCUT2D eigenvalue weighted by atomic mass is 16.6. The Morgan fingerprint density at radius 2 is 1.67 bits per heavy atom. The van der Waals surface area contributed by atoms with Gasteiger partial charge in [0.15, 0.2) is 0 Å². The minimum absolute atomic E-state index is 0.0107. The Morgan fingerprint density at radius 3 is 2.24 bits per heavy atom. The zero-order chi connectivity index (χ0) is 15.2. The summed E-state index contributed by atoms with van der Waals surface area (Å²) in [6.45, 7) is 1.74. The molecule has 1 atom stereocenters. The third kappa shape index (κ3) is 4.04. The van der Waals surface area contributed by atoms with E-state index in [-0.39, 0.29) is 11.6 Å². The fourth-order valence-corrected chi connectivity index (χ4v) is 1.77. The summed E-state index contributed by atoms with van der Waals surface area (Å²) < 4.78 is 0. The van der Waals surface area contributed by atoms with Crippen molar-refractivity contribution in [3.8, 4) is 0 Å². The Balaban J connectivity index is 1.95. The van der Waals surface area contributed by atoms with E-state index in [2.05, 4.69) is 10.6 Å². The summed E-state index contributed by atoms with van der Waals surface area (Å²) in [5.41, 5.74) is 1.36. The number of carbonyl (C=O) groups excluding carboxylic acids is 1. The molecule has 0 aromatic heterocycles. The number of nitro benzene ring substituents is 1. The maximum atomic E-state index is 12.0. The van der Waals surface area contributed by atoms with Gasteiger partial charge in [-0.05, 0) is 31.2 Å². The number of hydrogen-bond donors (Lipinski definition) is 2. The van der Waals surface area contributed by atoms with E-state index in [0.717, 1.165) is 5.69 Å². The molecule has 108 valence electrons. The number of carbonyl (C=O) groups is 1. The SMILES string of the molecule is CC(Nc1ccccc1)C(=O)Nc1ccc([N+](=O)[O-])cc1. The van der Waals surface area contributed by atoms with Gasteiger partial charge in [-0.25, -0.2) is 0 Å². The molecule has 1 amide bonds. The van der Waals surface area contributed by atoms with E-state index < -0.39 is 11.0 Å². The van der Waals surface area contributed by atoms with Gasteiger partial charge in [0.25, 0.3) is 5.69 Å². The normalized spacial score (nSPS) is 11.5. The molecule has 0 heterocycles. The number of anilines is 2. The number of nitrogens with one attached hydrogen (secondary N) is 2. The summed E-state index contributed by atoms with van der Waals surface area (Å²) in [5, 5.41) is 16.3. The highest BCUT2D eigenvalue weighted by molar-refractivity contribution is 5.96. The molecule has 0 radical (unpaired) electrons. The molecule has 6 nitrogen and oxygen atoms in total. The van der Waals surface area contributed by atoms with Crippen LogP contribution < -0.4 is 10.6 Å². The Hall–Kier alpha value is -2.89. The van der Waals surface area contributed by atoms with Crippen LogP contribution in [0.5, 0.6) is 0 Å². The molecule has 0 aliphatic rings. The highest BCUT2D eigenvalue weighted by Gasteiger charge is 2.13. The van der Waals surface area contributed by atoms with Gasteiger partial charge in [0.2, 0.25) is 5.91 Å². The van der Waals surface area contributed by atoms with E-state index in [1.54, 1.807) is 6.92 Å². The molecule has 0 aliphatic carbocycles. The van der Waals surface area contributed by atoms with Crippen molar-refractivity contribution in [3.63, 3.8) is 0 Å². The maximum Gasteiger partial charge on any atom is 0.269 e. The quantitative estimate of drug-likeness (QED) is 0.653. The highest BCUT2D eigenvalue weighted by Crippen LogP contribution is 2.16. The van der Waals surface area contributed by atoms with E-state index >= 15 is 0 Å². The van der Waals surface area contributed by atoms with E-state index in [1.165, 1.54) is 24.3 Å². The summed E-state index contributed by atoms with van der Waals surface area (Å²) in [5.74, 6) is -0.215. The second-order valence-corrected chi connectivity index (χ2v) is 4.53. The average molecular weight is 285 g/mol. The van der Waals surface area contributed by atoms with Crippen LogP contribution in [-0.2, 0) is 4.79 Å². The lowest BCUT2D eigenvalue weighted by Crippen LogP contribution is -2.31. The largest absolute Gasteiger partial charge is 0.374 e. The first-order valence-corrected chi connectivity index (χ1v) is 6.43. The van der Waals surface area contributed by atoms with Crippen molar-refractivity contribution < 1.29 is 9.72 Å². The summed E-state index contributed by atoms with van der Waals surface area (Å²) in [7, 11) is 0. The van der Waals surface area contributed by atoms with Gasteiger partial charge in [-0.2, -0.15) is 0 Å². The van der Waals surface area contributed by atoms with Gasteiger partial charge in [-0.3, -0.25) is 14.9 Å². The van der Waals surface area contributed by atoms with Gasteiger partial charge in [0.05, 0.1) is 4.92 Å². The lowest BCUT2D eigenvalue weighted by molar-refractivity contribution is -0.384. The number of nitrogens with zero attached hydrogens (tertiary/aromatic N) is 1. The van der Waals surface area contributed by atoms with Crippen LogP contribution in [0.15, 0.2) is 54.6 Å². The molecule has 21 heavy (non-hydrogen) atoms. The minimum atomic E-state index is -0.481. The molecule has 0 fully saturated rings. The van der Waals surface area contributed by atoms with E-state index in [1.807, 2.05) is 30.3 Å². The van der Waals surface area contributed by atoms with Crippen molar-refractivity contribution in [2.24, 2.45) is 0 Å². The zero-order valence-electron chi connectivity index (χ0n) is 11.4. The van der Waals surface area contributed by atoms with E-state index in [0.29, 0.717) is 5.69 Å². The van der Waals surface area contributed by atoms with Gasteiger partial charge in [0, 0.05) is 23.5 Å². The van der Waals surface area contributed by atoms with Crippen LogP contribution >= 0.6 is 0 Å². The van der Waals surface area contributed by atoms with Crippen LogP contribution in [-0.4, -0.2) is 16.9 Å². The van der Waals surface area contributed by atoms with Crippen molar-refractivity contribution in [2.45, 2.75) is 13.0 Å². The predicted molar refractivity (Wildman–Crippen MR) is 81.3 cm³/mol. The lowest BCUT2D eigenvalue weighted by atomic mass is 10.2. The zero-order valence-corrected chi connectivity index (χ0v) is 11.4. The minimum Gasteiger partial charge on any atom is -0.374 e. The molecule has 0 bridgehead atoms. The monoisotopic (exact) mass is 285 g/mol. The van der Waals surface area contributed by atoms with Gasteiger partial charge in [0.1, 0.15) is 6.04 Å². The molecule has 1 unspecified atom stereocenters. The van der Waals surface area contributed by atoms with Gasteiger partial charge >= 0.3 is 0 Å². The number of benzene rings is 2. The topological polar surface area (TPSA) is 84.3 Å². The number of amides is 1. The third-order valence-electron chi connectivity index (χ3n) is 2.90. The number of rotatable bonds is 5. The molecule has 0 spiro atoms. The average Bonchev–Trinajstić information content (AvgIpc) is 2.48. The van der Waals surface area contributed by atoms with E-state index in [4.69, 9.17) is 0 Å². The Bertz CT molecular complexity index is 626. The fraction of sp³-hybridized carbons (Fsp3) is 0.133. The molecule has 0 aliphatic heterocycles. The molecular weight excluding hydrogens is 270 g/mol. The molecule has 6 heteroatoms. The van der Waals surface area contributed by atoms with Crippen molar-refractivity contribution in [1.29, 1.82) is 0 Å². The first kappa shape index (κ1) is 14.5. The predicted octanol–water partition coefficient (Wildman–Crippen LogP) is 3.03. The summed E-state index contributed by atoms with van der Waals surface area (Å²) in [6.07, 6.45) is 0. The van der Waals surface area contributed by atoms with Crippen LogP contribution in [0.1, 0.15) is 6.92 Å². The Labute approximate surface area is 121 Å². The van der Waals surface area contributed by atoms with Crippen LogP contribution in [0.3, 0.4) is 0 Å². The van der Waals surface area contributed by atoms with Crippen LogP contribution in [0.2, 0.25) is 0 Å². The van der Waals surface area contributed by atoms with Gasteiger partial charge in [-0.1, -0.05) is 18.2 Å². The van der Waals surface area contributed by atoms with Gasteiger partial charge in [-0.15, -0.1) is 0 Å². The number of nitro groups is 1. The van der Waals surface area contributed by atoms with Crippen molar-refractivity contribution >= 4 is 23.0 Å². The molecule has 0 saturated heterocycles. The summed E-state index contributed by atoms with van der Waals surface area (Å²) in [6, 6.07) is 14.7. The third-order valence-corrected chi connectivity index (χ3v) is 2.90. The van der Waals surface area contributed by atoms with Crippen LogP contribution in [0.25, 0.3) is 0 Å². The van der Waals surface area contributed by atoms with Crippen molar-refractivity contribution in [1.82, 2.24) is 0 Å². The second kappa shape index (κ2) is 6.51.